The molecule has 2 aromatic carbocycles. The molecule has 3 aliphatic carbocycles. The average molecular weight is 467 g/mol. The molecule has 0 N–H and O–H groups in total. The summed E-state index contributed by atoms with van der Waals surface area (Å²) in [7, 11) is 1.57. The number of rotatable bonds is 5. The van der Waals surface area contributed by atoms with Crippen LogP contribution in [0.1, 0.15) is 35.1 Å². The van der Waals surface area contributed by atoms with Crippen LogP contribution in [0.15, 0.2) is 73.0 Å². The zero-order valence-electron chi connectivity index (χ0n) is 18.8. The van der Waals surface area contributed by atoms with Crippen molar-refractivity contribution in [2.45, 2.75) is 30.5 Å². The second-order valence-corrected chi connectivity index (χ2v) is 9.07. The van der Waals surface area contributed by atoms with E-state index in [4.69, 9.17) is 4.74 Å². The van der Waals surface area contributed by atoms with E-state index in [1.165, 1.54) is 11.0 Å². The highest BCUT2D eigenvalue weighted by Gasteiger charge is 2.68. The summed E-state index contributed by atoms with van der Waals surface area (Å²) in [6, 6.07) is 15.5. The third-order valence-electron chi connectivity index (χ3n) is 7.74. The number of ether oxygens (including phenoxy) is 1. The van der Waals surface area contributed by atoms with Crippen LogP contribution in [0.5, 0.6) is 0 Å². The topological polar surface area (TPSA) is 46.6 Å². The first-order chi connectivity index (χ1) is 16.2. The lowest BCUT2D eigenvalue weighted by atomic mass is 9.45. The normalized spacial score (nSPS) is 29.0. The van der Waals surface area contributed by atoms with Gasteiger partial charge < -0.3 is 9.64 Å². The third kappa shape index (κ3) is 2.76. The minimum Gasteiger partial charge on any atom is -0.380 e. The lowest BCUT2D eigenvalue weighted by Gasteiger charge is -2.57. The van der Waals surface area contributed by atoms with Crippen LogP contribution in [0.3, 0.4) is 0 Å². The minimum absolute atomic E-state index is 0.0135. The molecule has 1 unspecified atom stereocenters. The van der Waals surface area contributed by atoms with Crippen molar-refractivity contribution in [2.24, 2.45) is 11.8 Å². The summed E-state index contributed by atoms with van der Waals surface area (Å²) in [5.41, 5.74) is 2.97. The maximum absolute atomic E-state index is 14.0. The number of carbonyl (C=O) groups excluding carboxylic acids is 2. The predicted molar refractivity (Wildman–Crippen MR) is 120 cm³/mol. The van der Waals surface area contributed by atoms with Crippen LogP contribution >= 0.6 is 0 Å². The second kappa shape index (κ2) is 7.67. The highest BCUT2D eigenvalue weighted by Crippen LogP contribution is 2.67. The molecule has 0 radical (unpaired) electrons. The Balaban J connectivity index is 1.87. The summed E-state index contributed by atoms with van der Waals surface area (Å²) in [6.07, 6.45) is -3.41. The second-order valence-electron chi connectivity index (χ2n) is 9.07. The van der Waals surface area contributed by atoms with Crippen molar-refractivity contribution in [1.82, 2.24) is 4.90 Å². The Morgan fingerprint density at radius 2 is 1.71 bits per heavy atom. The molecule has 2 aromatic rings. The van der Waals surface area contributed by atoms with Crippen LogP contribution < -0.4 is 0 Å². The SMILES string of the molecule is C=CCN1C(=O)[C@H]2[C@@H](/C1=C\C(=O)C(F)(F)F)C1c3ccccc3C2(C(C)OC)c2ccccc21. The van der Waals surface area contributed by atoms with Crippen LogP contribution in [0.25, 0.3) is 0 Å². The smallest absolute Gasteiger partial charge is 0.380 e. The quantitative estimate of drug-likeness (QED) is 0.471. The van der Waals surface area contributed by atoms with Gasteiger partial charge in [-0.05, 0) is 29.2 Å². The van der Waals surface area contributed by atoms with Crippen molar-refractivity contribution in [3.63, 3.8) is 0 Å². The highest BCUT2D eigenvalue weighted by molar-refractivity contribution is 5.98. The Morgan fingerprint density at radius 1 is 1.15 bits per heavy atom. The summed E-state index contributed by atoms with van der Waals surface area (Å²) in [4.78, 5) is 27.4. The van der Waals surface area contributed by atoms with Crippen molar-refractivity contribution in [3.05, 3.63) is 95.2 Å². The van der Waals surface area contributed by atoms with E-state index < -0.39 is 35.3 Å². The molecular formula is C27H24F3NO3. The van der Waals surface area contributed by atoms with Crippen molar-refractivity contribution in [3.8, 4) is 0 Å². The van der Waals surface area contributed by atoms with E-state index >= 15 is 0 Å². The van der Waals surface area contributed by atoms with Crippen LogP contribution in [0.2, 0.25) is 0 Å². The number of nitrogens with zero attached hydrogens (tertiary/aromatic N) is 1. The van der Waals surface area contributed by atoms with E-state index in [2.05, 4.69) is 6.58 Å². The number of amides is 1. The molecule has 0 saturated carbocycles. The molecule has 1 saturated heterocycles. The Kier molecular flexibility index (Phi) is 5.09. The van der Waals surface area contributed by atoms with Gasteiger partial charge in [0.1, 0.15) is 0 Å². The number of methoxy groups -OCH3 is 1. The van der Waals surface area contributed by atoms with Gasteiger partial charge in [0, 0.05) is 37.3 Å². The van der Waals surface area contributed by atoms with E-state index in [1.807, 2.05) is 55.5 Å². The summed E-state index contributed by atoms with van der Waals surface area (Å²) >= 11 is 0. The monoisotopic (exact) mass is 467 g/mol. The Hall–Kier alpha value is -3.19. The molecule has 6 rings (SSSR count). The molecule has 0 aromatic heterocycles. The van der Waals surface area contributed by atoms with Gasteiger partial charge in [0.05, 0.1) is 17.4 Å². The molecule has 4 nitrogen and oxygen atoms in total. The number of hydrogen-bond acceptors (Lipinski definition) is 3. The molecule has 7 heteroatoms. The van der Waals surface area contributed by atoms with Gasteiger partial charge in [-0.1, -0.05) is 54.6 Å². The van der Waals surface area contributed by atoms with Crippen molar-refractivity contribution < 1.29 is 27.5 Å². The van der Waals surface area contributed by atoms with E-state index in [0.717, 1.165) is 22.3 Å². The first kappa shape index (κ1) is 22.6. The number of alkyl halides is 3. The number of hydrogen-bond donors (Lipinski definition) is 0. The molecule has 34 heavy (non-hydrogen) atoms. The molecule has 4 aliphatic rings. The molecule has 2 bridgehead atoms. The summed E-state index contributed by atoms with van der Waals surface area (Å²) in [5, 5.41) is 0. The molecular weight excluding hydrogens is 443 g/mol. The predicted octanol–water partition coefficient (Wildman–Crippen LogP) is 4.74. The number of benzene rings is 2. The summed E-state index contributed by atoms with van der Waals surface area (Å²) in [6.45, 7) is 5.59. The van der Waals surface area contributed by atoms with Crippen LogP contribution in [0.4, 0.5) is 13.2 Å². The van der Waals surface area contributed by atoms with Gasteiger partial charge in [0.15, 0.2) is 0 Å². The molecule has 1 fully saturated rings. The first-order valence-corrected chi connectivity index (χ1v) is 11.2. The fourth-order valence-electron chi connectivity index (χ4n) is 6.56. The van der Waals surface area contributed by atoms with E-state index in [1.54, 1.807) is 7.11 Å². The number of ketones is 1. The largest absolute Gasteiger partial charge is 0.454 e. The van der Waals surface area contributed by atoms with Crippen molar-refractivity contribution in [2.75, 3.05) is 13.7 Å². The Bertz CT molecular complexity index is 1180. The number of halogens is 3. The highest BCUT2D eigenvalue weighted by atomic mass is 19.4. The third-order valence-corrected chi connectivity index (χ3v) is 7.74. The first-order valence-electron chi connectivity index (χ1n) is 11.2. The molecule has 1 heterocycles. The van der Waals surface area contributed by atoms with Crippen molar-refractivity contribution in [1.29, 1.82) is 0 Å². The summed E-state index contributed by atoms with van der Waals surface area (Å²) in [5.74, 6) is -4.01. The lowest BCUT2D eigenvalue weighted by molar-refractivity contribution is -0.165. The van der Waals surface area contributed by atoms with Gasteiger partial charge >= 0.3 is 6.18 Å². The molecule has 3 atom stereocenters. The van der Waals surface area contributed by atoms with Gasteiger partial charge in [0.25, 0.3) is 5.78 Å². The minimum atomic E-state index is -5.03. The molecule has 0 spiro atoms. The molecule has 176 valence electrons. The van der Waals surface area contributed by atoms with Gasteiger partial charge in [-0.3, -0.25) is 9.59 Å². The molecule has 1 aliphatic heterocycles. The zero-order chi connectivity index (χ0) is 24.4. The Morgan fingerprint density at radius 3 is 2.21 bits per heavy atom. The van der Waals surface area contributed by atoms with E-state index in [0.29, 0.717) is 6.08 Å². The number of likely N-dealkylation sites (tertiary alicyclic amines) is 1. The van der Waals surface area contributed by atoms with Gasteiger partial charge in [-0.15, -0.1) is 6.58 Å². The fraction of sp³-hybridized carbons (Fsp3) is 0.333. The standard InChI is InChI=1S/C27H24F3NO3/c1-4-13-31-20(14-21(32)27(28,29)30)23-22-16-9-5-7-11-18(16)26(15(2)34-3,24(23)25(31)33)19-12-8-6-10-17(19)22/h4-12,14-15,22-24H,1,13H2,2-3H3/b20-14+/t15?,22?,23-,24+,26?/m0/s1. The summed E-state index contributed by atoms with van der Waals surface area (Å²) < 4.78 is 45.9. The average Bonchev–Trinajstić information content (AvgIpc) is 3.10. The maximum Gasteiger partial charge on any atom is 0.454 e. The van der Waals surface area contributed by atoms with Crippen LogP contribution in [0, 0.1) is 11.8 Å². The van der Waals surface area contributed by atoms with E-state index in [9.17, 15) is 22.8 Å². The maximum atomic E-state index is 14.0. The lowest BCUT2D eigenvalue weighted by Crippen LogP contribution is -2.58. The fourth-order valence-corrected chi connectivity index (χ4v) is 6.56. The zero-order valence-corrected chi connectivity index (χ0v) is 18.8. The van der Waals surface area contributed by atoms with Gasteiger partial charge in [-0.2, -0.15) is 13.2 Å². The van der Waals surface area contributed by atoms with Crippen molar-refractivity contribution >= 4 is 11.7 Å². The van der Waals surface area contributed by atoms with Gasteiger partial charge in [0.2, 0.25) is 5.91 Å². The number of allylic oxidation sites excluding steroid dienone is 2. The van der Waals surface area contributed by atoms with Crippen LogP contribution in [-0.4, -0.2) is 42.5 Å². The Labute approximate surface area is 195 Å². The number of carbonyl (C=O) groups is 2. The van der Waals surface area contributed by atoms with Gasteiger partial charge in [-0.25, -0.2) is 0 Å². The van der Waals surface area contributed by atoms with E-state index in [-0.39, 0.29) is 24.1 Å². The molecule has 1 amide bonds. The van der Waals surface area contributed by atoms with Crippen LogP contribution in [-0.2, 0) is 19.7 Å².